The van der Waals surface area contributed by atoms with Gasteiger partial charge in [-0.1, -0.05) is 13.3 Å². The van der Waals surface area contributed by atoms with E-state index in [1.54, 1.807) is 0 Å². The molecule has 1 saturated heterocycles. The first kappa shape index (κ1) is 21.2. The molecule has 0 aromatic rings. The van der Waals surface area contributed by atoms with Crippen LogP contribution >= 0.6 is 0 Å². The molecule has 1 rings (SSSR count). The van der Waals surface area contributed by atoms with E-state index in [-0.39, 0.29) is 6.61 Å². The molecule has 6 nitrogen and oxygen atoms in total. The molecule has 2 atom stereocenters. The first-order valence-electron chi connectivity index (χ1n) is 9.58. The Morgan fingerprint density at radius 1 is 1.33 bits per heavy atom. The third kappa shape index (κ3) is 10.1. The molecule has 24 heavy (non-hydrogen) atoms. The zero-order chi connectivity index (χ0) is 17.5. The Kier molecular flexibility index (Phi) is 12.8. The van der Waals surface area contributed by atoms with E-state index in [1.165, 1.54) is 0 Å². The molecular weight excluding hydrogens is 306 g/mol. The van der Waals surface area contributed by atoms with Crippen molar-refractivity contribution >= 4 is 5.96 Å². The maximum absolute atomic E-state index is 9.13. The Morgan fingerprint density at radius 3 is 2.88 bits per heavy atom. The van der Waals surface area contributed by atoms with E-state index in [0.29, 0.717) is 11.8 Å². The van der Waals surface area contributed by atoms with Crippen molar-refractivity contribution in [2.45, 2.75) is 46.0 Å². The predicted octanol–water partition coefficient (Wildman–Crippen LogP) is 1.78. The van der Waals surface area contributed by atoms with Gasteiger partial charge in [0, 0.05) is 45.4 Å². The van der Waals surface area contributed by atoms with Crippen molar-refractivity contribution in [2.24, 2.45) is 16.8 Å². The van der Waals surface area contributed by atoms with E-state index >= 15 is 0 Å². The molecule has 0 saturated carbocycles. The minimum atomic E-state index is 0.244. The zero-order valence-electron chi connectivity index (χ0n) is 15.6. The fourth-order valence-corrected chi connectivity index (χ4v) is 2.83. The second kappa shape index (κ2) is 14.5. The van der Waals surface area contributed by atoms with E-state index in [0.717, 1.165) is 84.1 Å². The topological polar surface area (TPSA) is 75.1 Å². The lowest BCUT2D eigenvalue weighted by Crippen LogP contribution is -2.38. The highest BCUT2D eigenvalue weighted by Crippen LogP contribution is 2.12. The molecule has 1 heterocycles. The fraction of sp³-hybridized carbons (Fsp3) is 0.944. The summed E-state index contributed by atoms with van der Waals surface area (Å²) in [5.74, 6) is 1.91. The molecule has 3 N–H and O–H groups in total. The average molecular weight is 344 g/mol. The largest absolute Gasteiger partial charge is 0.396 e. The van der Waals surface area contributed by atoms with Crippen LogP contribution in [0.2, 0.25) is 0 Å². The van der Waals surface area contributed by atoms with Crippen LogP contribution in [0.5, 0.6) is 0 Å². The Hall–Kier alpha value is -0.850. The van der Waals surface area contributed by atoms with Gasteiger partial charge in [0.05, 0.1) is 13.2 Å². The van der Waals surface area contributed by atoms with Crippen LogP contribution in [0.25, 0.3) is 0 Å². The molecule has 0 aromatic heterocycles. The Morgan fingerprint density at radius 2 is 2.21 bits per heavy atom. The molecule has 0 spiro atoms. The molecule has 142 valence electrons. The minimum Gasteiger partial charge on any atom is -0.396 e. The lowest BCUT2D eigenvalue weighted by atomic mass is 10.0. The molecule has 0 bridgehead atoms. The van der Waals surface area contributed by atoms with Crippen molar-refractivity contribution in [3.8, 4) is 0 Å². The second-order valence-corrected chi connectivity index (χ2v) is 6.47. The maximum Gasteiger partial charge on any atom is 0.191 e. The van der Waals surface area contributed by atoms with E-state index in [4.69, 9.17) is 14.6 Å². The molecule has 2 unspecified atom stereocenters. The zero-order valence-corrected chi connectivity index (χ0v) is 15.6. The van der Waals surface area contributed by atoms with Crippen LogP contribution in [0.15, 0.2) is 4.99 Å². The molecule has 1 aliphatic rings. The monoisotopic (exact) mass is 343 g/mol. The number of hydrogen-bond donors (Lipinski definition) is 3. The molecular formula is C18H37N3O3. The quantitative estimate of drug-likeness (QED) is 0.270. The van der Waals surface area contributed by atoms with Crippen LogP contribution < -0.4 is 10.6 Å². The number of nitrogens with zero attached hydrogens (tertiary/aromatic N) is 1. The van der Waals surface area contributed by atoms with Gasteiger partial charge in [0.25, 0.3) is 0 Å². The van der Waals surface area contributed by atoms with Crippen LogP contribution in [0.4, 0.5) is 0 Å². The molecule has 0 amide bonds. The summed E-state index contributed by atoms with van der Waals surface area (Å²) in [7, 11) is 0. The van der Waals surface area contributed by atoms with Crippen molar-refractivity contribution in [3.63, 3.8) is 0 Å². The van der Waals surface area contributed by atoms with Gasteiger partial charge < -0.3 is 25.2 Å². The first-order valence-corrected chi connectivity index (χ1v) is 9.58. The third-order valence-electron chi connectivity index (χ3n) is 4.22. The average Bonchev–Trinajstić information content (AvgIpc) is 3.09. The molecule has 0 aliphatic carbocycles. The van der Waals surface area contributed by atoms with Crippen LogP contribution in [-0.2, 0) is 9.47 Å². The summed E-state index contributed by atoms with van der Waals surface area (Å²) in [6.07, 6.45) is 5.17. The minimum absolute atomic E-state index is 0.244. The smallest absolute Gasteiger partial charge is 0.191 e. The summed E-state index contributed by atoms with van der Waals surface area (Å²) >= 11 is 0. The number of nitrogens with one attached hydrogen (secondary N) is 2. The van der Waals surface area contributed by atoms with Gasteiger partial charge in [-0.2, -0.15) is 0 Å². The maximum atomic E-state index is 9.13. The van der Waals surface area contributed by atoms with Gasteiger partial charge >= 0.3 is 0 Å². The van der Waals surface area contributed by atoms with Crippen molar-refractivity contribution in [3.05, 3.63) is 0 Å². The van der Waals surface area contributed by atoms with Crippen molar-refractivity contribution in [1.29, 1.82) is 0 Å². The van der Waals surface area contributed by atoms with Gasteiger partial charge in [-0.05, 0) is 38.5 Å². The summed E-state index contributed by atoms with van der Waals surface area (Å²) in [4.78, 5) is 4.66. The van der Waals surface area contributed by atoms with Crippen LogP contribution in [-0.4, -0.2) is 63.7 Å². The Bertz CT molecular complexity index is 315. The van der Waals surface area contributed by atoms with Crippen molar-refractivity contribution in [1.82, 2.24) is 10.6 Å². The van der Waals surface area contributed by atoms with Gasteiger partial charge in [-0.3, -0.25) is 4.99 Å². The Balaban J connectivity index is 2.17. The first-order chi connectivity index (χ1) is 11.8. The number of guanidine groups is 1. The number of hydrogen-bond acceptors (Lipinski definition) is 4. The summed E-state index contributed by atoms with van der Waals surface area (Å²) < 4.78 is 11.1. The number of aliphatic hydroxyl groups is 1. The SMILES string of the molecule is CCCC(CCO)CN=C(NCC)NCCCOCC1CCOC1. The van der Waals surface area contributed by atoms with Gasteiger partial charge in [-0.25, -0.2) is 0 Å². The van der Waals surface area contributed by atoms with E-state index < -0.39 is 0 Å². The van der Waals surface area contributed by atoms with E-state index in [9.17, 15) is 0 Å². The summed E-state index contributed by atoms with van der Waals surface area (Å²) in [5.41, 5.74) is 0. The van der Waals surface area contributed by atoms with Crippen molar-refractivity contribution < 1.29 is 14.6 Å². The molecule has 0 aromatic carbocycles. The van der Waals surface area contributed by atoms with Gasteiger partial charge in [-0.15, -0.1) is 0 Å². The molecule has 1 aliphatic heterocycles. The van der Waals surface area contributed by atoms with Crippen LogP contribution in [0.1, 0.15) is 46.0 Å². The lowest BCUT2D eigenvalue weighted by molar-refractivity contribution is 0.0888. The second-order valence-electron chi connectivity index (χ2n) is 6.47. The standard InChI is InChI=1S/C18H37N3O3/c1-3-6-16(7-10-22)13-21-18(19-4-2)20-9-5-11-23-14-17-8-12-24-15-17/h16-17,22H,3-15H2,1-2H3,(H2,19,20,21). The third-order valence-corrected chi connectivity index (χ3v) is 4.22. The highest BCUT2D eigenvalue weighted by Gasteiger charge is 2.15. The molecule has 0 radical (unpaired) electrons. The number of ether oxygens (including phenoxy) is 2. The molecule has 1 fully saturated rings. The van der Waals surface area contributed by atoms with E-state index in [2.05, 4.69) is 29.5 Å². The van der Waals surface area contributed by atoms with Gasteiger partial charge in [0.15, 0.2) is 5.96 Å². The molecule has 6 heteroatoms. The van der Waals surface area contributed by atoms with Gasteiger partial charge in [0.2, 0.25) is 0 Å². The number of aliphatic hydroxyl groups excluding tert-OH is 1. The number of rotatable bonds is 13. The highest BCUT2D eigenvalue weighted by atomic mass is 16.5. The van der Waals surface area contributed by atoms with E-state index in [1.807, 2.05) is 0 Å². The summed E-state index contributed by atoms with van der Waals surface area (Å²) in [6.45, 7) is 10.3. The highest BCUT2D eigenvalue weighted by molar-refractivity contribution is 5.79. The summed E-state index contributed by atoms with van der Waals surface area (Å²) in [5, 5.41) is 15.8. The van der Waals surface area contributed by atoms with Crippen LogP contribution in [0.3, 0.4) is 0 Å². The van der Waals surface area contributed by atoms with Crippen LogP contribution in [0, 0.1) is 11.8 Å². The van der Waals surface area contributed by atoms with Gasteiger partial charge in [0.1, 0.15) is 0 Å². The normalized spacial score (nSPS) is 19.5. The fourth-order valence-electron chi connectivity index (χ4n) is 2.83. The summed E-state index contributed by atoms with van der Waals surface area (Å²) in [6, 6.07) is 0. The number of aliphatic imine (C=N–C) groups is 1. The predicted molar refractivity (Wildman–Crippen MR) is 98.4 cm³/mol. The lowest BCUT2D eigenvalue weighted by Gasteiger charge is -2.15. The Labute approximate surface area is 147 Å². The van der Waals surface area contributed by atoms with Crippen molar-refractivity contribution in [2.75, 3.05) is 52.7 Å².